The molecule has 0 amide bonds. The van der Waals surface area contributed by atoms with Gasteiger partial charge in [-0.1, -0.05) is 32.9 Å². The normalized spacial score (nSPS) is 15.8. The van der Waals surface area contributed by atoms with Gasteiger partial charge in [0.1, 0.15) is 0 Å². The maximum Gasteiger partial charge on any atom is 0.416 e. The standard InChI is InChI=1S/C18H22F3N3O/c1-17(2,3)16-23-22-15(25-16)11-24(14-8-9-14)10-12-4-6-13(7-5-12)18(19,20)21/h4-7,14H,8-11H2,1-3H3. The summed E-state index contributed by atoms with van der Waals surface area (Å²) in [6.45, 7) is 7.09. The van der Waals surface area contributed by atoms with Crippen LogP contribution in [0.5, 0.6) is 0 Å². The lowest BCUT2D eigenvalue weighted by molar-refractivity contribution is -0.137. The Morgan fingerprint density at radius 1 is 1.04 bits per heavy atom. The number of nitrogens with zero attached hydrogens (tertiary/aromatic N) is 3. The summed E-state index contributed by atoms with van der Waals surface area (Å²) in [6, 6.07) is 5.75. The molecule has 0 saturated heterocycles. The van der Waals surface area contributed by atoms with Gasteiger partial charge in [0, 0.05) is 18.0 Å². The number of rotatable bonds is 5. The maximum absolute atomic E-state index is 12.7. The fourth-order valence-corrected chi connectivity index (χ4v) is 2.58. The third kappa shape index (κ3) is 4.60. The first-order valence-corrected chi connectivity index (χ1v) is 8.36. The highest BCUT2D eigenvalue weighted by atomic mass is 19.4. The highest BCUT2D eigenvalue weighted by Gasteiger charge is 2.32. The smallest absolute Gasteiger partial charge is 0.416 e. The summed E-state index contributed by atoms with van der Waals surface area (Å²) in [5, 5.41) is 8.21. The van der Waals surface area contributed by atoms with Gasteiger partial charge in [0.2, 0.25) is 11.8 Å². The van der Waals surface area contributed by atoms with Crippen LogP contribution in [0.1, 0.15) is 56.5 Å². The molecule has 1 aromatic heterocycles. The minimum absolute atomic E-state index is 0.205. The molecule has 136 valence electrons. The number of halogens is 3. The zero-order valence-electron chi connectivity index (χ0n) is 14.6. The Kier molecular flexibility index (Phi) is 4.62. The van der Waals surface area contributed by atoms with Gasteiger partial charge in [-0.3, -0.25) is 4.90 Å². The highest BCUT2D eigenvalue weighted by Crippen LogP contribution is 2.32. The molecule has 0 radical (unpaired) electrons. The molecular weight excluding hydrogens is 331 g/mol. The lowest BCUT2D eigenvalue weighted by atomic mass is 9.97. The second-order valence-electron chi connectivity index (χ2n) is 7.58. The molecule has 0 spiro atoms. The van der Waals surface area contributed by atoms with Gasteiger partial charge in [-0.05, 0) is 30.5 Å². The van der Waals surface area contributed by atoms with Gasteiger partial charge in [-0.25, -0.2) is 0 Å². The molecule has 2 aromatic rings. The molecule has 1 saturated carbocycles. The third-order valence-corrected chi connectivity index (χ3v) is 4.18. The van der Waals surface area contributed by atoms with Crippen LogP contribution in [0.2, 0.25) is 0 Å². The van der Waals surface area contributed by atoms with E-state index in [9.17, 15) is 13.2 Å². The number of hydrogen-bond donors (Lipinski definition) is 0. The van der Waals surface area contributed by atoms with Crippen molar-refractivity contribution in [3.63, 3.8) is 0 Å². The van der Waals surface area contributed by atoms with E-state index >= 15 is 0 Å². The maximum atomic E-state index is 12.7. The van der Waals surface area contributed by atoms with Gasteiger partial charge in [-0.15, -0.1) is 10.2 Å². The minimum atomic E-state index is -4.30. The van der Waals surface area contributed by atoms with Gasteiger partial charge in [0.05, 0.1) is 12.1 Å². The summed E-state index contributed by atoms with van der Waals surface area (Å²) < 4.78 is 43.8. The molecule has 1 fully saturated rings. The van der Waals surface area contributed by atoms with Crippen molar-refractivity contribution >= 4 is 0 Å². The van der Waals surface area contributed by atoms with Gasteiger partial charge < -0.3 is 4.42 Å². The highest BCUT2D eigenvalue weighted by molar-refractivity contribution is 5.24. The minimum Gasteiger partial charge on any atom is -0.423 e. The zero-order chi connectivity index (χ0) is 18.2. The summed E-state index contributed by atoms with van der Waals surface area (Å²) in [7, 11) is 0. The van der Waals surface area contributed by atoms with Crippen LogP contribution in [0.15, 0.2) is 28.7 Å². The van der Waals surface area contributed by atoms with E-state index in [0.29, 0.717) is 30.9 Å². The average molecular weight is 353 g/mol. The number of benzene rings is 1. The molecule has 1 aliphatic carbocycles. The number of aromatic nitrogens is 2. The fourth-order valence-electron chi connectivity index (χ4n) is 2.58. The van der Waals surface area contributed by atoms with E-state index in [1.165, 1.54) is 12.1 Å². The van der Waals surface area contributed by atoms with E-state index in [1.807, 2.05) is 20.8 Å². The Labute approximate surface area is 145 Å². The predicted octanol–water partition coefficient (Wildman–Crippen LogP) is 4.55. The molecule has 0 atom stereocenters. The molecule has 4 nitrogen and oxygen atoms in total. The second-order valence-corrected chi connectivity index (χ2v) is 7.58. The van der Waals surface area contributed by atoms with E-state index in [1.54, 1.807) is 0 Å². The molecule has 1 aliphatic rings. The van der Waals surface area contributed by atoms with Crippen molar-refractivity contribution in [1.29, 1.82) is 0 Å². The Morgan fingerprint density at radius 2 is 1.68 bits per heavy atom. The van der Waals surface area contributed by atoms with E-state index in [4.69, 9.17) is 4.42 Å². The summed E-state index contributed by atoms with van der Waals surface area (Å²) >= 11 is 0. The first kappa shape index (κ1) is 17.9. The molecule has 0 unspecified atom stereocenters. The van der Waals surface area contributed by atoms with Crippen molar-refractivity contribution in [2.24, 2.45) is 0 Å². The average Bonchev–Trinajstić information content (AvgIpc) is 3.24. The monoisotopic (exact) mass is 353 g/mol. The molecule has 3 rings (SSSR count). The van der Waals surface area contributed by atoms with Gasteiger partial charge >= 0.3 is 6.18 Å². The molecule has 0 bridgehead atoms. The quantitative estimate of drug-likeness (QED) is 0.791. The van der Waals surface area contributed by atoms with Crippen LogP contribution in [-0.2, 0) is 24.7 Å². The Morgan fingerprint density at radius 3 is 2.16 bits per heavy atom. The van der Waals surface area contributed by atoms with E-state index in [0.717, 1.165) is 30.5 Å². The first-order valence-electron chi connectivity index (χ1n) is 8.36. The van der Waals surface area contributed by atoms with Crippen molar-refractivity contribution in [3.8, 4) is 0 Å². The third-order valence-electron chi connectivity index (χ3n) is 4.18. The van der Waals surface area contributed by atoms with Crippen LogP contribution >= 0.6 is 0 Å². The molecule has 25 heavy (non-hydrogen) atoms. The number of hydrogen-bond acceptors (Lipinski definition) is 4. The Hall–Kier alpha value is -1.89. The topological polar surface area (TPSA) is 42.2 Å². The SMILES string of the molecule is CC(C)(C)c1nnc(CN(Cc2ccc(C(F)(F)F)cc2)C2CC2)o1. The van der Waals surface area contributed by atoms with Crippen LogP contribution in [0.3, 0.4) is 0 Å². The van der Waals surface area contributed by atoms with Gasteiger partial charge in [0.25, 0.3) is 0 Å². The van der Waals surface area contributed by atoms with Crippen molar-refractivity contribution in [3.05, 3.63) is 47.2 Å². The van der Waals surface area contributed by atoms with Crippen LogP contribution in [0, 0.1) is 0 Å². The van der Waals surface area contributed by atoms with Crippen molar-refractivity contribution in [2.45, 2.75) is 64.3 Å². The summed E-state index contributed by atoms with van der Waals surface area (Å²) in [5.74, 6) is 1.14. The van der Waals surface area contributed by atoms with E-state index < -0.39 is 11.7 Å². The lowest BCUT2D eigenvalue weighted by Crippen LogP contribution is -2.25. The zero-order valence-corrected chi connectivity index (χ0v) is 14.6. The molecule has 1 heterocycles. The largest absolute Gasteiger partial charge is 0.423 e. The summed E-state index contributed by atoms with van der Waals surface area (Å²) in [5.41, 5.74) is 0.0136. The van der Waals surface area contributed by atoms with Crippen molar-refractivity contribution in [2.75, 3.05) is 0 Å². The van der Waals surface area contributed by atoms with E-state index in [-0.39, 0.29) is 5.41 Å². The fraction of sp³-hybridized carbons (Fsp3) is 0.556. The summed E-state index contributed by atoms with van der Waals surface area (Å²) in [4.78, 5) is 2.18. The first-order chi connectivity index (χ1) is 11.6. The molecule has 1 aromatic carbocycles. The molecule has 7 heteroatoms. The van der Waals surface area contributed by atoms with Crippen LogP contribution in [0.25, 0.3) is 0 Å². The van der Waals surface area contributed by atoms with Crippen molar-refractivity contribution in [1.82, 2.24) is 15.1 Å². The Balaban J connectivity index is 1.69. The number of alkyl halides is 3. The van der Waals surface area contributed by atoms with Gasteiger partial charge in [0.15, 0.2) is 0 Å². The van der Waals surface area contributed by atoms with Crippen LogP contribution in [0.4, 0.5) is 13.2 Å². The van der Waals surface area contributed by atoms with Crippen molar-refractivity contribution < 1.29 is 17.6 Å². The molecule has 0 N–H and O–H groups in total. The van der Waals surface area contributed by atoms with Crippen LogP contribution < -0.4 is 0 Å². The molecular formula is C18H22F3N3O. The summed E-state index contributed by atoms with van der Waals surface area (Å²) in [6.07, 6.45) is -2.14. The lowest BCUT2D eigenvalue weighted by Gasteiger charge is -2.20. The van der Waals surface area contributed by atoms with E-state index in [2.05, 4.69) is 15.1 Å². The second kappa shape index (κ2) is 6.44. The van der Waals surface area contributed by atoms with Gasteiger partial charge in [-0.2, -0.15) is 13.2 Å². The predicted molar refractivity (Wildman–Crippen MR) is 86.7 cm³/mol. The Bertz CT molecular complexity index is 712. The molecule has 0 aliphatic heterocycles. The van der Waals surface area contributed by atoms with Crippen LogP contribution in [-0.4, -0.2) is 21.1 Å².